The second-order valence-electron chi connectivity index (χ2n) is 6.52. The zero-order valence-corrected chi connectivity index (χ0v) is 15.1. The summed E-state index contributed by atoms with van der Waals surface area (Å²) in [5.41, 5.74) is 3.27. The number of nitrogens with zero attached hydrogens (tertiary/aromatic N) is 1. The number of nitrogens with one attached hydrogen (secondary N) is 1. The summed E-state index contributed by atoms with van der Waals surface area (Å²) < 4.78 is 5.75. The van der Waals surface area contributed by atoms with Gasteiger partial charge in [-0.15, -0.1) is 0 Å². The van der Waals surface area contributed by atoms with Crippen LogP contribution in [-0.4, -0.2) is 42.5 Å². The number of likely N-dealkylation sites (tertiary alicyclic amines) is 1. The number of rotatable bonds is 5. The molecule has 1 aromatic rings. The molecule has 0 aromatic heterocycles. The van der Waals surface area contributed by atoms with Crippen LogP contribution in [0.2, 0.25) is 0 Å². The Kier molecular flexibility index (Phi) is 6.23. The van der Waals surface area contributed by atoms with Crippen molar-refractivity contribution in [3.8, 4) is 5.75 Å². The van der Waals surface area contributed by atoms with Crippen molar-refractivity contribution in [3.05, 3.63) is 28.8 Å². The Bertz CT molecular complexity index is 605. The number of benzene rings is 1. The number of piperidine rings is 1. The van der Waals surface area contributed by atoms with E-state index in [2.05, 4.69) is 11.4 Å². The quantitative estimate of drug-likeness (QED) is 0.901. The molecule has 0 saturated carbocycles. The predicted octanol–water partition coefficient (Wildman–Crippen LogP) is 2.51. The average molecular weight is 332 g/mol. The fourth-order valence-electron chi connectivity index (χ4n) is 3.05. The van der Waals surface area contributed by atoms with E-state index in [9.17, 15) is 9.59 Å². The largest absolute Gasteiger partial charge is 0.483 e. The summed E-state index contributed by atoms with van der Waals surface area (Å²) >= 11 is 0. The zero-order valence-electron chi connectivity index (χ0n) is 15.1. The van der Waals surface area contributed by atoms with Gasteiger partial charge in [-0.1, -0.05) is 19.1 Å². The molecule has 24 heavy (non-hydrogen) atoms. The van der Waals surface area contributed by atoms with Gasteiger partial charge in [-0.25, -0.2) is 0 Å². The molecule has 2 rings (SSSR count). The first-order valence-corrected chi connectivity index (χ1v) is 8.69. The van der Waals surface area contributed by atoms with Crippen molar-refractivity contribution in [3.63, 3.8) is 0 Å². The molecular formula is C19H28N2O3. The molecule has 0 bridgehead atoms. The molecule has 0 unspecified atom stereocenters. The van der Waals surface area contributed by atoms with Crippen LogP contribution < -0.4 is 10.1 Å². The molecule has 0 spiro atoms. The third kappa shape index (κ3) is 4.49. The first-order valence-electron chi connectivity index (χ1n) is 8.69. The van der Waals surface area contributed by atoms with Crippen LogP contribution in [0.3, 0.4) is 0 Å². The SMILES string of the molecule is CCC(=O)N1CCC(NC(=O)COc2c(C)ccc(C)c2C)CC1. The lowest BCUT2D eigenvalue weighted by Gasteiger charge is -2.32. The summed E-state index contributed by atoms with van der Waals surface area (Å²) in [5, 5.41) is 3.02. The third-order valence-electron chi connectivity index (χ3n) is 4.74. The van der Waals surface area contributed by atoms with Gasteiger partial charge >= 0.3 is 0 Å². The van der Waals surface area contributed by atoms with Crippen LogP contribution in [0.5, 0.6) is 5.75 Å². The summed E-state index contributed by atoms with van der Waals surface area (Å²) in [7, 11) is 0. The van der Waals surface area contributed by atoms with E-state index in [0.29, 0.717) is 19.5 Å². The summed E-state index contributed by atoms with van der Waals surface area (Å²) in [4.78, 5) is 25.7. The lowest BCUT2D eigenvalue weighted by Crippen LogP contribution is -2.47. The summed E-state index contributed by atoms with van der Waals surface area (Å²) in [6.45, 7) is 9.37. The van der Waals surface area contributed by atoms with Gasteiger partial charge in [0, 0.05) is 25.6 Å². The van der Waals surface area contributed by atoms with E-state index < -0.39 is 0 Å². The van der Waals surface area contributed by atoms with Crippen LogP contribution in [0.25, 0.3) is 0 Å². The predicted molar refractivity (Wildman–Crippen MR) is 94.2 cm³/mol. The molecule has 5 heteroatoms. The normalized spacial score (nSPS) is 15.2. The molecule has 1 fully saturated rings. The van der Waals surface area contributed by atoms with Gasteiger partial charge in [-0.05, 0) is 50.3 Å². The Hall–Kier alpha value is -2.04. The number of carbonyl (C=O) groups excluding carboxylic acids is 2. The van der Waals surface area contributed by atoms with Gasteiger partial charge in [0.05, 0.1) is 0 Å². The van der Waals surface area contributed by atoms with Crippen molar-refractivity contribution in [2.75, 3.05) is 19.7 Å². The van der Waals surface area contributed by atoms with Crippen molar-refractivity contribution in [2.24, 2.45) is 0 Å². The van der Waals surface area contributed by atoms with Gasteiger partial charge in [-0.3, -0.25) is 9.59 Å². The number of hydrogen-bond acceptors (Lipinski definition) is 3. The molecule has 1 N–H and O–H groups in total. The number of hydrogen-bond donors (Lipinski definition) is 1. The molecule has 0 atom stereocenters. The van der Waals surface area contributed by atoms with Crippen LogP contribution in [0.1, 0.15) is 42.9 Å². The van der Waals surface area contributed by atoms with E-state index in [0.717, 1.165) is 35.3 Å². The minimum atomic E-state index is -0.101. The monoisotopic (exact) mass is 332 g/mol. The van der Waals surface area contributed by atoms with E-state index in [1.165, 1.54) is 0 Å². The molecule has 1 heterocycles. The van der Waals surface area contributed by atoms with Gasteiger partial charge in [0.1, 0.15) is 5.75 Å². The van der Waals surface area contributed by atoms with Gasteiger partial charge in [0.2, 0.25) is 5.91 Å². The van der Waals surface area contributed by atoms with E-state index in [1.807, 2.05) is 38.7 Å². The second kappa shape index (κ2) is 8.18. The molecule has 5 nitrogen and oxygen atoms in total. The van der Waals surface area contributed by atoms with E-state index in [4.69, 9.17) is 4.74 Å². The van der Waals surface area contributed by atoms with E-state index >= 15 is 0 Å². The first-order chi connectivity index (χ1) is 11.4. The molecule has 1 aromatic carbocycles. The lowest BCUT2D eigenvalue weighted by atomic mass is 10.0. The highest BCUT2D eigenvalue weighted by Gasteiger charge is 2.23. The maximum Gasteiger partial charge on any atom is 0.258 e. The molecule has 132 valence electrons. The van der Waals surface area contributed by atoms with Crippen LogP contribution >= 0.6 is 0 Å². The van der Waals surface area contributed by atoms with Crippen molar-refractivity contribution < 1.29 is 14.3 Å². The van der Waals surface area contributed by atoms with Crippen molar-refractivity contribution >= 4 is 11.8 Å². The maximum atomic E-state index is 12.1. The topological polar surface area (TPSA) is 58.6 Å². The van der Waals surface area contributed by atoms with Crippen molar-refractivity contribution in [1.29, 1.82) is 0 Å². The Morgan fingerprint density at radius 3 is 2.42 bits per heavy atom. The fourth-order valence-corrected chi connectivity index (χ4v) is 3.05. The van der Waals surface area contributed by atoms with Crippen LogP contribution in [0, 0.1) is 20.8 Å². The molecule has 1 aliphatic heterocycles. The molecular weight excluding hydrogens is 304 g/mol. The van der Waals surface area contributed by atoms with Gasteiger partial charge in [-0.2, -0.15) is 0 Å². The fraction of sp³-hybridized carbons (Fsp3) is 0.579. The number of amides is 2. The van der Waals surface area contributed by atoms with E-state index in [1.54, 1.807) is 0 Å². The number of carbonyl (C=O) groups is 2. The molecule has 1 aliphatic rings. The summed E-state index contributed by atoms with van der Waals surface area (Å²) in [6, 6.07) is 4.20. The molecule has 2 amide bonds. The smallest absolute Gasteiger partial charge is 0.258 e. The average Bonchev–Trinajstić information content (AvgIpc) is 2.58. The third-order valence-corrected chi connectivity index (χ3v) is 4.74. The van der Waals surface area contributed by atoms with Crippen molar-refractivity contribution in [2.45, 2.75) is 53.0 Å². The maximum absolute atomic E-state index is 12.1. The van der Waals surface area contributed by atoms with Crippen LogP contribution in [-0.2, 0) is 9.59 Å². The van der Waals surface area contributed by atoms with Crippen LogP contribution in [0.4, 0.5) is 0 Å². The standard InChI is InChI=1S/C19H28N2O3/c1-5-18(23)21-10-8-16(9-11-21)20-17(22)12-24-19-14(3)7-6-13(2)15(19)4/h6-7,16H,5,8-12H2,1-4H3,(H,20,22). The lowest BCUT2D eigenvalue weighted by molar-refractivity contribution is -0.132. The van der Waals surface area contributed by atoms with Crippen LogP contribution in [0.15, 0.2) is 12.1 Å². The first kappa shape index (κ1) is 18.3. The minimum Gasteiger partial charge on any atom is -0.483 e. The minimum absolute atomic E-state index is 0.0270. The highest BCUT2D eigenvalue weighted by Crippen LogP contribution is 2.25. The summed E-state index contributed by atoms with van der Waals surface area (Å²) in [5.74, 6) is 0.887. The van der Waals surface area contributed by atoms with Gasteiger partial charge in [0.25, 0.3) is 5.91 Å². The summed E-state index contributed by atoms with van der Waals surface area (Å²) in [6.07, 6.45) is 2.15. The number of ether oxygens (including phenoxy) is 1. The van der Waals surface area contributed by atoms with E-state index in [-0.39, 0.29) is 24.5 Å². The molecule has 0 radical (unpaired) electrons. The van der Waals surface area contributed by atoms with Gasteiger partial charge in [0.15, 0.2) is 6.61 Å². The Labute approximate surface area is 144 Å². The highest BCUT2D eigenvalue weighted by molar-refractivity contribution is 5.78. The highest BCUT2D eigenvalue weighted by atomic mass is 16.5. The zero-order chi connectivity index (χ0) is 17.7. The molecule has 0 aliphatic carbocycles. The number of aryl methyl sites for hydroxylation is 2. The molecule has 1 saturated heterocycles. The second-order valence-corrected chi connectivity index (χ2v) is 6.52. The Morgan fingerprint density at radius 1 is 1.17 bits per heavy atom. The Balaban J connectivity index is 1.81. The van der Waals surface area contributed by atoms with Gasteiger partial charge < -0.3 is 15.0 Å². The van der Waals surface area contributed by atoms with Crippen molar-refractivity contribution in [1.82, 2.24) is 10.2 Å². The Morgan fingerprint density at radius 2 is 1.79 bits per heavy atom.